The zero-order chi connectivity index (χ0) is 30.9. The molecular weight excluding hydrogens is 604 g/mol. The number of nitrogen functional groups attached to an aromatic ring is 1. The van der Waals surface area contributed by atoms with E-state index in [0.717, 1.165) is 6.33 Å². The highest BCUT2D eigenvalue weighted by Gasteiger charge is 2.47. The number of fused-ring (bicyclic) bond motifs is 1. The molecule has 1 aliphatic heterocycles. The van der Waals surface area contributed by atoms with Crippen LogP contribution in [-0.2, 0) is 27.2 Å². The van der Waals surface area contributed by atoms with E-state index in [4.69, 9.17) is 15.6 Å². The molecule has 12 atom stereocenters. The number of phosphoric ester groups is 2. The van der Waals surface area contributed by atoms with E-state index >= 15 is 0 Å². The van der Waals surface area contributed by atoms with Gasteiger partial charge in [0.15, 0.2) is 24.0 Å². The molecule has 0 aliphatic carbocycles. The standard InChI is InChI=1S/C18H31N5O16P2/c1-6(7(25)2-24)10(26)12(28)14(30)18(31)38-41(34,35)39-40(32,33)36-3-8-11(27)13(29)17(37-8)23-5-22-9-15(19)20-4-21-16(9)23/h4-8,10-14,17-18,24-31H,2-3H2,1H3,(H,32,33)(H,34,35)(H2,19,20,21)/t6?,7-,8?,10?,11?,12?,13?,14?,17?,18?/m0/s1. The van der Waals surface area contributed by atoms with E-state index in [-0.39, 0.29) is 17.0 Å². The van der Waals surface area contributed by atoms with Crippen molar-refractivity contribution in [2.45, 2.75) is 62.2 Å². The maximum Gasteiger partial charge on any atom is 0.483 e. The molecule has 0 aromatic carbocycles. The van der Waals surface area contributed by atoms with Crippen LogP contribution in [-0.4, -0.2) is 132 Å². The van der Waals surface area contributed by atoms with Gasteiger partial charge in [-0.3, -0.25) is 13.6 Å². The predicted molar refractivity (Wildman–Crippen MR) is 130 cm³/mol. The summed E-state index contributed by atoms with van der Waals surface area (Å²) in [6.07, 6.45) is -15.0. The van der Waals surface area contributed by atoms with Crippen LogP contribution in [0.15, 0.2) is 12.7 Å². The molecule has 2 aromatic heterocycles. The van der Waals surface area contributed by atoms with Gasteiger partial charge in [0.05, 0.1) is 31.7 Å². The van der Waals surface area contributed by atoms with Crippen molar-refractivity contribution >= 4 is 32.6 Å². The Morgan fingerprint density at radius 2 is 1.68 bits per heavy atom. The van der Waals surface area contributed by atoms with Crippen molar-refractivity contribution in [3.8, 4) is 0 Å². The van der Waals surface area contributed by atoms with E-state index in [9.17, 15) is 54.7 Å². The van der Waals surface area contributed by atoms with Crippen molar-refractivity contribution in [2.24, 2.45) is 5.92 Å². The summed E-state index contributed by atoms with van der Waals surface area (Å²) in [7, 11) is -11.3. The SMILES string of the molecule is CC(C(O)C(O)C(O)C(O)OP(=O)(O)OP(=O)(O)OCC1OC(n2cnc3c(N)ncnc32)C(O)C1O)[C@@H](O)CO. The lowest BCUT2D eigenvalue weighted by Gasteiger charge is -2.31. The van der Waals surface area contributed by atoms with Crippen LogP contribution in [0.5, 0.6) is 0 Å². The molecule has 0 spiro atoms. The van der Waals surface area contributed by atoms with E-state index in [2.05, 4.69) is 28.3 Å². The van der Waals surface area contributed by atoms with Crippen LogP contribution in [0.25, 0.3) is 11.2 Å². The van der Waals surface area contributed by atoms with Gasteiger partial charge in [0.2, 0.25) is 0 Å². The summed E-state index contributed by atoms with van der Waals surface area (Å²) in [5.41, 5.74) is 6.00. The number of hydrogen-bond donors (Lipinski definition) is 11. The Morgan fingerprint density at radius 3 is 2.32 bits per heavy atom. The van der Waals surface area contributed by atoms with E-state index in [1.165, 1.54) is 17.8 Å². The number of rotatable bonds is 14. The van der Waals surface area contributed by atoms with Gasteiger partial charge in [0, 0.05) is 5.92 Å². The van der Waals surface area contributed by atoms with Crippen molar-refractivity contribution in [1.29, 1.82) is 0 Å². The Balaban J connectivity index is 1.58. The van der Waals surface area contributed by atoms with Gasteiger partial charge in [-0.15, -0.1) is 0 Å². The average molecular weight is 635 g/mol. The molecule has 3 rings (SSSR count). The molecule has 0 bridgehead atoms. The largest absolute Gasteiger partial charge is 0.483 e. The zero-order valence-electron chi connectivity index (χ0n) is 21.0. The van der Waals surface area contributed by atoms with Crippen LogP contribution in [0, 0.1) is 5.92 Å². The normalized spacial score (nSPS) is 28.9. The molecule has 2 aromatic rings. The number of aliphatic hydroxyl groups is 8. The fourth-order valence-electron chi connectivity index (χ4n) is 3.77. The van der Waals surface area contributed by atoms with Gasteiger partial charge in [-0.05, 0) is 0 Å². The Hall–Kier alpha value is -1.75. The molecule has 1 fully saturated rings. The second kappa shape index (κ2) is 13.3. The van der Waals surface area contributed by atoms with Crippen LogP contribution in [0.3, 0.4) is 0 Å². The summed E-state index contributed by atoms with van der Waals surface area (Å²) < 4.78 is 43.8. The van der Waals surface area contributed by atoms with Gasteiger partial charge < -0.3 is 61.1 Å². The molecule has 41 heavy (non-hydrogen) atoms. The fraction of sp³-hybridized carbons (Fsp3) is 0.722. The quantitative estimate of drug-likeness (QED) is 0.0690. The fourth-order valence-corrected chi connectivity index (χ4v) is 5.89. The van der Waals surface area contributed by atoms with Crippen LogP contribution in [0.2, 0.25) is 0 Å². The minimum absolute atomic E-state index is 0.0223. The van der Waals surface area contributed by atoms with Crippen LogP contribution >= 0.6 is 15.6 Å². The number of phosphoric acid groups is 2. The molecule has 1 aliphatic rings. The van der Waals surface area contributed by atoms with Gasteiger partial charge >= 0.3 is 15.6 Å². The van der Waals surface area contributed by atoms with Crippen molar-refractivity contribution in [3.05, 3.63) is 12.7 Å². The first-order valence-corrected chi connectivity index (χ1v) is 14.6. The van der Waals surface area contributed by atoms with Crippen LogP contribution < -0.4 is 5.73 Å². The van der Waals surface area contributed by atoms with E-state index in [1.54, 1.807) is 0 Å². The minimum Gasteiger partial charge on any atom is -0.394 e. The minimum atomic E-state index is -5.74. The summed E-state index contributed by atoms with van der Waals surface area (Å²) in [5, 5.41) is 78.9. The molecule has 234 valence electrons. The lowest BCUT2D eigenvalue weighted by atomic mass is 9.92. The third kappa shape index (κ3) is 7.80. The van der Waals surface area contributed by atoms with Crippen molar-refractivity contribution in [3.63, 3.8) is 0 Å². The smallest absolute Gasteiger partial charge is 0.394 e. The predicted octanol–water partition coefficient (Wildman–Crippen LogP) is -4.33. The molecule has 0 radical (unpaired) electrons. The molecular formula is C18H31N5O16P2. The maximum absolute atomic E-state index is 12.3. The summed E-state index contributed by atoms with van der Waals surface area (Å²) in [5.74, 6) is -1.22. The van der Waals surface area contributed by atoms with Crippen molar-refractivity contribution < 1.29 is 77.9 Å². The zero-order valence-corrected chi connectivity index (χ0v) is 22.8. The maximum atomic E-state index is 12.3. The van der Waals surface area contributed by atoms with Gasteiger partial charge in [-0.2, -0.15) is 4.31 Å². The summed E-state index contributed by atoms with van der Waals surface area (Å²) in [6.45, 7) is -0.645. The van der Waals surface area contributed by atoms with E-state index in [1.807, 2.05) is 0 Å². The number of aromatic nitrogens is 4. The first kappa shape index (κ1) is 33.7. The Bertz CT molecular complexity index is 1270. The summed E-state index contributed by atoms with van der Waals surface area (Å²) >= 11 is 0. The first-order valence-electron chi connectivity index (χ1n) is 11.6. The van der Waals surface area contributed by atoms with Gasteiger partial charge in [-0.1, -0.05) is 6.92 Å². The van der Waals surface area contributed by atoms with Crippen LogP contribution in [0.1, 0.15) is 13.2 Å². The number of imidazole rings is 1. The average Bonchev–Trinajstić information content (AvgIpc) is 3.45. The summed E-state index contributed by atoms with van der Waals surface area (Å²) in [6, 6.07) is 0. The summed E-state index contributed by atoms with van der Waals surface area (Å²) in [4.78, 5) is 31.3. The molecule has 0 amide bonds. The number of ether oxygens (including phenoxy) is 1. The molecule has 12 N–H and O–H groups in total. The molecule has 21 nitrogen and oxygen atoms in total. The molecule has 0 saturated carbocycles. The topological polar surface area (TPSA) is 343 Å². The number of nitrogens with two attached hydrogens (primary N) is 1. The second-order valence-electron chi connectivity index (χ2n) is 9.02. The third-order valence-electron chi connectivity index (χ3n) is 6.17. The van der Waals surface area contributed by atoms with E-state index < -0.39 is 90.0 Å². The highest BCUT2D eigenvalue weighted by molar-refractivity contribution is 7.61. The number of nitrogens with zero attached hydrogens (tertiary/aromatic N) is 4. The van der Waals surface area contributed by atoms with Gasteiger partial charge in [0.25, 0.3) is 0 Å². The Kier molecular flexibility index (Phi) is 10.9. The van der Waals surface area contributed by atoms with Crippen LogP contribution in [0.4, 0.5) is 5.82 Å². The third-order valence-corrected chi connectivity index (χ3v) is 8.78. The number of anilines is 1. The van der Waals surface area contributed by atoms with Gasteiger partial charge in [-0.25, -0.2) is 24.1 Å². The number of aliphatic hydroxyl groups excluding tert-OH is 8. The molecule has 3 heterocycles. The number of hydrogen-bond acceptors (Lipinski definition) is 18. The Morgan fingerprint density at radius 1 is 1.02 bits per heavy atom. The monoisotopic (exact) mass is 635 g/mol. The highest BCUT2D eigenvalue weighted by atomic mass is 31.3. The van der Waals surface area contributed by atoms with Crippen molar-refractivity contribution in [1.82, 2.24) is 19.5 Å². The highest BCUT2D eigenvalue weighted by Crippen LogP contribution is 2.61. The first-order chi connectivity index (χ1) is 19.0. The lowest BCUT2D eigenvalue weighted by molar-refractivity contribution is -0.181. The Labute approximate surface area is 230 Å². The van der Waals surface area contributed by atoms with Gasteiger partial charge in [0.1, 0.15) is 42.4 Å². The molecule has 11 unspecified atom stereocenters. The molecule has 23 heteroatoms. The molecule has 1 saturated heterocycles. The van der Waals surface area contributed by atoms with E-state index in [0.29, 0.717) is 0 Å². The lowest BCUT2D eigenvalue weighted by Crippen LogP contribution is -2.49. The second-order valence-corrected chi connectivity index (χ2v) is 12.0. The van der Waals surface area contributed by atoms with Crippen molar-refractivity contribution in [2.75, 3.05) is 18.9 Å².